The fraction of sp³-hybridized carbons (Fsp3) is 0. The maximum absolute atomic E-state index is 11.1. The van der Waals surface area contributed by atoms with Gasteiger partial charge < -0.3 is 15.4 Å². The first-order valence-corrected chi connectivity index (χ1v) is 7.65. The quantitative estimate of drug-likeness (QED) is 0.659. The Hall–Kier alpha value is -3.58. The van der Waals surface area contributed by atoms with Crippen LogP contribution in [0, 0.1) is 10.1 Å². The van der Waals surface area contributed by atoms with Crippen molar-refractivity contribution in [2.45, 2.75) is 0 Å². The molecule has 2 aromatic rings. The summed E-state index contributed by atoms with van der Waals surface area (Å²) >= 11 is 0. The summed E-state index contributed by atoms with van der Waals surface area (Å²) in [5.74, 6) is -0.154. The van der Waals surface area contributed by atoms with Crippen LogP contribution in [0.15, 0.2) is 90.2 Å². The van der Waals surface area contributed by atoms with E-state index in [1.807, 2.05) is 54.6 Å². The molecule has 0 atom stereocenters. The fourth-order valence-corrected chi connectivity index (χ4v) is 2.76. The minimum absolute atomic E-state index is 0.154. The van der Waals surface area contributed by atoms with Crippen LogP contribution in [0.4, 0.5) is 5.69 Å². The minimum atomic E-state index is -0.494. The summed E-state index contributed by atoms with van der Waals surface area (Å²) in [7, 11) is 0. The van der Waals surface area contributed by atoms with Gasteiger partial charge in [-0.05, 0) is 27.7 Å². The fourth-order valence-electron chi connectivity index (χ4n) is 2.76. The molecule has 0 bridgehead atoms. The number of allylic oxidation sites excluding steroid dienone is 2. The molecule has 2 aliphatic heterocycles. The highest BCUT2D eigenvalue weighted by atomic mass is 16.8. The molecule has 25 heavy (non-hydrogen) atoms. The molecule has 0 fully saturated rings. The first-order chi connectivity index (χ1) is 12.2. The molecular formula is C18H14N4O3. The van der Waals surface area contributed by atoms with Gasteiger partial charge in [0.15, 0.2) is 0 Å². The van der Waals surface area contributed by atoms with Crippen molar-refractivity contribution >= 4 is 5.69 Å². The number of anilines is 1. The molecule has 2 aliphatic rings. The van der Waals surface area contributed by atoms with Gasteiger partial charge in [0.2, 0.25) is 5.70 Å². The molecule has 2 aromatic carbocycles. The third-order valence-electron chi connectivity index (χ3n) is 3.91. The number of nitro groups is 1. The zero-order valence-electron chi connectivity index (χ0n) is 13.0. The van der Waals surface area contributed by atoms with E-state index in [4.69, 9.17) is 4.94 Å². The van der Waals surface area contributed by atoms with Crippen LogP contribution in [0.5, 0.6) is 0 Å². The molecule has 2 heterocycles. The number of hydrogen-bond acceptors (Lipinski definition) is 6. The Balaban J connectivity index is 1.71. The lowest BCUT2D eigenvalue weighted by Crippen LogP contribution is -2.29. The summed E-state index contributed by atoms with van der Waals surface area (Å²) in [5.41, 5.74) is 6.79. The van der Waals surface area contributed by atoms with Gasteiger partial charge in [-0.1, -0.05) is 53.5 Å². The second kappa shape index (κ2) is 6.14. The van der Waals surface area contributed by atoms with Crippen molar-refractivity contribution in [2.24, 2.45) is 0 Å². The van der Waals surface area contributed by atoms with Crippen molar-refractivity contribution in [1.82, 2.24) is 10.5 Å². The minimum Gasteiger partial charge on any atom is -0.358 e. The number of hydrogen-bond donors (Lipinski definition) is 2. The number of hydroxylamine groups is 3. The van der Waals surface area contributed by atoms with Crippen molar-refractivity contribution in [1.29, 1.82) is 0 Å². The molecule has 0 aliphatic carbocycles. The zero-order valence-corrected chi connectivity index (χ0v) is 13.0. The number of nitrogens with zero attached hydrogens (tertiary/aromatic N) is 2. The van der Waals surface area contributed by atoms with Crippen molar-refractivity contribution in [3.8, 4) is 11.1 Å². The zero-order chi connectivity index (χ0) is 17.2. The molecule has 0 unspecified atom stereocenters. The van der Waals surface area contributed by atoms with Crippen LogP contribution in [0.3, 0.4) is 0 Å². The van der Waals surface area contributed by atoms with Crippen LogP contribution in [0.2, 0.25) is 0 Å². The van der Waals surface area contributed by atoms with E-state index in [0.29, 0.717) is 11.4 Å². The smallest absolute Gasteiger partial charge is 0.355 e. The van der Waals surface area contributed by atoms with Crippen LogP contribution in [-0.2, 0) is 4.94 Å². The molecule has 0 saturated carbocycles. The van der Waals surface area contributed by atoms with E-state index in [-0.39, 0.29) is 5.82 Å². The Morgan fingerprint density at radius 3 is 2.60 bits per heavy atom. The third kappa shape index (κ3) is 2.73. The van der Waals surface area contributed by atoms with Gasteiger partial charge in [0, 0.05) is 17.3 Å². The van der Waals surface area contributed by atoms with E-state index in [1.54, 1.807) is 12.3 Å². The van der Waals surface area contributed by atoms with Gasteiger partial charge in [-0.2, -0.15) is 0 Å². The summed E-state index contributed by atoms with van der Waals surface area (Å²) in [6.07, 6.45) is 4.64. The predicted octanol–water partition coefficient (Wildman–Crippen LogP) is 3.37. The van der Waals surface area contributed by atoms with E-state index in [2.05, 4.69) is 10.8 Å². The average molecular weight is 334 g/mol. The summed E-state index contributed by atoms with van der Waals surface area (Å²) in [5, 5.41) is 15.6. The van der Waals surface area contributed by atoms with Gasteiger partial charge in [0.1, 0.15) is 0 Å². The van der Waals surface area contributed by atoms with Gasteiger partial charge in [-0.25, -0.2) is 5.48 Å². The van der Waals surface area contributed by atoms with Crippen LogP contribution >= 0.6 is 0 Å². The summed E-state index contributed by atoms with van der Waals surface area (Å²) in [6.45, 7) is 0. The van der Waals surface area contributed by atoms with E-state index in [0.717, 1.165) is 21.9 Å². The highest BCUT2D eigenvalue weighted by Crippen LogP contribution is 2.33. The Kier molecular flexibility index (Phi) is 3.68. The van der Waals surface area contributed by atoms with Crippen LogP contribution in [-0.4, -0.2) is 9.99 Å². The van der Waals surface area contributed by atoms with Gasteiger partial charge >= 0.3 is 5.82 Å². The van der Waals surface area contributed by atoms with Gasteiger partial charge in [0.05, 0.1) is 11.9 Å². The van der Waals surface area contributed by atoms with E-state index < -0.39 is 4.92 Å². The normalized spacial score (nSPS) is 15.5. The maximum atomic E-state index is 11.1. The average Bonchev–Trinajstić information content (AvgIpc) is 3.13. The Labute approximate surface area is 143 Å². The van der Waals surface area contributed by atoms with E-state index in [1.165, 1.54) is 6.08 Å². The molecule has 7 heteroatoms. The lowest BCUT2D eigenvalue weighted by molar-refractivity contribution is -0.465. The molecule has 0 saturated heterocycles. The maximum Gasteiger partial charge on any atom is 0.355 e. The van der Waals surface area contributed by atoms with Crippen molar-refractivity contribution in [2.75, 3.05) is 5.32 Å². The van der Waals surface area contributed by atoms with Gasteiger partial charge in [0.25, 0.3) is 0 Å². The molecule has 0 spiro atoms. The van der Waals surface area contributed by atoms with E-state index in [9.17, 15) is 10.1 Å². The molecule has 0 amide bonds. The van der Waals surface area contributed by atoms with Crippen LogP contribution in [0.25, 0.3) is 11.1 Å². The highest BCUT2D eigenvalue weighted by Gasteiger charge is 2.37. The first kappa shape index (κ1) is 15.0. The second-order valence-corrected chi connectivity index (χ2v) is 5.43. The molecule has 0 aromatic heterocycles. The number of fused-ring (bicyclic) bond motifs is 1. The summed E-state index contributed by atoms with van der Waals surface area (Å²) in [6, 6.07) is 17.9. The lowest BCUT2D eigenvalue weighted by Gasteiger charge is -2.19. The van der Waals surface area contributed by atoms with E-state index >= 15 is 0 Å². The standard InChI is InChI=1S/C18H14N4O3/c23-22(24)18-11-10-16(17-12-19-25-21(17)18)20-15-9-5-4-8-14(15)13-6-2-1-3-7-13/h1-12,19-20H. The monoisotopic (exact) mass is 334 g/mol. The number of rotatable bonds is 4. The summed E-state index contributed by atoms with van der Waals surface area (Å²) in [4.78, 5) is 15.7. The van der Waals surface area contributed by atoms with Gasteiger partial charge in [-0.15, -0.1) is 0 Å². The number of para-hydroxylation sites is 1. The first-order valence-electron chi connectivity index (χ1n) is 7.65. The highest BCUT2D eigenvalue weighted by molar-refractivity contribution is 5.79. The molecule has 7 nitrogen and oxygen atoms in total. The van der Waals surface area contributed by atoms with Crippen molar-refractivity contribution in [3.63, 3.8) is 0 Å². The third-order valence-corrected chi connectivity index (χ3v) is 3.91. The Morgan fingerprint density at radius 1 is 1.04 bits per heavy atom. The second-order valence-electron chi connectivity index (χ2n) is 5.43. The predicted molar refractivity (Wildman–Crippen MR) is 92.8 cm³/mol. The van der Waals surface area contributed by atoms with Crippen LogP contribution in [0.1, 0.15) is 0 Å². The molecule has 124 valence electrons. The Morgan fingerprint density at radius 2 is 1.80 bits per heavy atom. The van der Waals surface area contributed by atoms with Crippen LogP contribution < -0.4 is 10.8 Å². The topological polar surface area (TPSA) is 79.7 Å². The summed E-state index contributed by atoms with van der Waals surface area (Å²) < 4.78 is 0. The SMILES string of the molecule is O=[N+]([O-])C1=CC=C(Nc2ccccc2-c2ccccc2)C2=CNON21. The van der Waals surface area contributed by atoms with Gasteiger partial charge in [-0.3, -0.25) is 0 Å². The Bertz CT molecular complexity index is 919. The lowest BCUT2D eigenvalue weighted by atomic mass is 10.0. The largest absolute Gasteiger partial charge is 0.358 e. The number of benzene rings is 2. The molecule has 0 radical (unpaired) electrons. The molecule has 2 N–H and O–H groups in total. The molecule has 4 rings (SSSR count). The van der Waals surface area contributed by atoms with Crippen molar-refractivity contribution in [3.05, 3.63) is 100 Å². The number of nitrogens with one attached hydrogen (secondary N) is 2. The van der Waals surface area contributed by atoms with Crippen molar-refractivity contribution < 1.29 is 9.86 Å². The molecular weight excluding hydrogens is 320 g/mol.